The van der Waals surface area contributed by atoms with Crippen LogP contribution in [0, 0.1) is 0 Å². The molecular formula is C9H18F3NO. The zero-order valence-electron chi connectivity index (χ0n) is 8.82. The minimum absolute atomic E-state index is 0.120. The van der Waals surface area contributed by atoms with Crippen LogP contribution in [0.15, 0.2) is 0 Å². The monoisotopic (exact) mass is 213 g/mol. The molecule has 0 aromatic rings. The van der Waals surface area contributed by atoms with Crippen LogP contribution in [-0.4, -0.2) is 31.5 Å². The molecule has 1 atom stereocenters. The zero-order chi connectivity index (χ0) is 11.2. The first-order valence-electron chi connectivity index (χ1n) is 4.73. The molecule has 0 aromatic heterocycles. The van der Waals surface area contributed by atoms with Gasteiger partial charge in [-0.15, -0.1) is 0 Å². The molecular weight excluding hydrogens is 195 g/mol. The molecule has 0 saturated carbocycles. The van der Waals surface area contributed by atoms with E-state index in [4.69, 9.17) is 4.74 Å². The van der Waals surface area contributed by atoms with Crippen molar-refractivity contribution in [1.82, 2.24) is 5.32 Å². The molecule has 0 aliphatic heterocycles. The summed E-state index contributed by atoms with van der Waals surface area (Å²) in [7, 11) is 0. The van der Waals surface area contributed by atoms with Crippen LogP contribution < -0.4 is 5.32 Å². The molecule has 0 amide bonds. The Morgan fingerprint density at radius 3 is 2.21 bits per heavy atom. The summed E-state index contributed by atoms with van der Waals surface area (Å²) in [6.07, 6.45) is -4.77. The first kappa shape index (κ1) is 13.7. The quantitative estimate of drug-likeness (QED) is 0.684. The summed E-state index contributed by atoms with van der Waals surface area (Å²) in [6.45, 7) is 6.19. The fourth-order valence-electron chi connectivity index (χ4n) is 1.02. The van der Waals surface area contributed by atoms with E-state index >= 15 is 0 Å². The maximum absolute atomic E-state index is 11.9. The van der Waals surface area contributed by atoms with Crippen molar-refractivity contribution in [2.45, 2.75) is 45.5 Å². The molecule has 0 saturated heterocycles. The highest BCUT2D eigenvalue weighted by atomic mass is 19.4. The Kier molecular flexibility index (Phi) is 6.11. The fourth-order valence-corrected chi connectivity index (χ4v) is 1.02. The number of hydrogen-bond donors (Lipinski definition) is 1. The minimum Gasteiger partial charge on any atom is -0.377 e. The highest BCUT2D eigenvalue weighted by molar-refractivity contribution is 4.65. The third kappa shape index (κ3) is 9.80. The van der Waals surface area contributed by atoms with E-state index in [2.05, 4.69) is 5.32 Å². The first-order valence-corrected chi connectivity index (χ1v) is 4.73. The number of alkyl halides is 3. The summed E-state index contributed by atoms with van der Waals surface area (Å²) in [6, 6.07) is -0.550. The molecule has 1 N–H and O–H groups in total. The Morgan fingerprint density at radius 2 is 1.79 bits per heavy atom. The van der Waals surface area contributed by atoms with Gasteiger partial charge in [0.05, 0.1) is 19.1 Å². The Morgan fingerprint density at radius 1 is 1.21 bits per heavy atom. The highest BCUT2D eigenvalue weighted by Crippen LogP contribution is 2.20. The van der Waals surface area contributed by atoms with Gasteiger partial charge in [0.2, 0.25) is 0 Å². The number of ether oxygens (including phenoxy) is 1. The van der Waals surface area contributed by atoms with Gasteiger partial charge in [-0.3, -0.25) is 0 Å². The van der Waals surface area contributed by atoms with E-state index in [1.165, 1.54) is 6.92 Å². The van der Waals surface area contributed by atoms with Crippen LogP contribution in [0.5, 0.6) is 0 Å². The van der Waals surface area contributed by atoms with E-state index in [1.807, 2.05) is 13.8 Å². The fraction of sp³-hybridized carbons (Fsp3) is 1.00. The smallest absolute Gasteiger partial charge is 0.377 e. The van der Waals surface area contributed by atoms with Crippen molar-refractivity contribution in [3.8, 4) is 0 Å². The van der Waals surface area contributed by atoms with Gasteiger partial charge in [0.1, 0.15) is 0 Å². The van der Waals surface area contributed by atoms with Crippen molar-refractivity contribution < 1.29 is 17.9 Å². The third-order valence-corrected chi connectivity index (χ3v) is 1.58. The molecule has 0 heterocycles. The summed E-state index contributed by atoms with van der Waals surface area (Å²) in [5, 5.41) is 2.75. The second kappa shape index (κ2) is 6.24. The van der Waals surface area contributed by atoms with Crippen molar-refractivity contribution in [3.05, 3.63) is 0 Å². The third-order valence-electron chi connectivity index (χ3n) is 1.58. The van der Waals surface area contributed by atoms with Gasteiger partial charge in [-0.25, -0.2) is 0 Å². The van der Waals surface area contributed by atoms with Crippen molar-refractivity contribution >= 4 is 0 Å². The maximum Gasteiger partial charge on any atom is 0.390 e. The normalized spacial score (nSPS) is 14.8. The second-order valence-corrected chi connectivity index (χ2v) is 3.59. The molecule has 0 aliphatic carbocycles. The van der Waals surface area contributed by atoms with Gasteiger partial charge in [-0.1, -0.05) is 0 Å². The maximum atomic E-state index is 11.9. The predicted octanol–water partition coefficient (Wildman–Crippen LogP) is 2.34. The van der Waals surface area contributed by atoms with Crippen LogP contribution in [-0.2, 0) is 4.74 Å². The Balaban J connectivity index is 3.40. The average molecular weight is 213 g/mol. The van der Waals surface area contributed by atoms with Gasteiger partial charge in [-0.2, -0.15) is 13.2 Å². The molecule has 1 unspecified atom stereocenters. The van der Waals surface area contributed by atoms with Crippen molar-refractivity contribution in [1.29, 1.82) is 0 Å². The van der Waals surface area contributed by atoms with E-state index in [9.17, 15) is 13.2 Å². The molecule has 0 bridgehead atoms. The van der Waals surface area contributed by atoms with Gasteiger partial charge in [-0.05, 0) is 20.8 Å². The number of nitrogens with one attached hydrogen (secondary N) is 1. The lowest BCUT2D eigenvalue weighted by molar-refractivity contribution is -0.139. The largest absolute Gasteiger partial charge is 0.390 e. The summed E-state index contributed by atoms with van der Waals surface area (Å²) in [5.41, 5.74) is 0. The molecule has 86 valence electrons. The first-order chi connectivity index (χ1) is 6.31. The summed E-state index contributed by atoms with van der Waals surface area (Å²) in [5.74, 6) is 0. The molecule has 0 aromatic carbocycles. The SMILES string of the molecule is CC(CC(F)(F)F)NCCOC(C)C. The van der Waals surface area contributed by atoms with E-state index in [-0.39, 0.29) is 6.10 Å². The van der Waals surface area contributed by atoms with Crippen molar-refractivity contribution in [2.75, 3.05) is 13.2 Å². The Bertz CT molecular complexity index is 147. The van der Waals surface area contributed by atoms with Crippen LogP contribution in [0.2, 0.25) is 0 Å². The topological polar surface area (TPSA) is 21.3 Å². The van der Waals surface area contributed by atoms with Crippen LogP contribution in [0.1, 0.15) is 27.2 Å². The van der Waals surface area contributed by atoms with Gasteiger partial charge in [0.15, 0.2) is 0 Å². The van der Waals surface area contributed by atoms with Gasteiger partial charge in [0.25, 0.3) is 0 Å². The lowest BCUT2D eigenvalue weighted by Crippen LogP contribution is -2.33. The molecule has 0 aliphatic rings. The Hall–Kier alpha value is -0.290. The van der Waals surface area contributed by atoms with E-state index < -0.39 is 18.6 Å². The van der Waals surface area contributed by atoms with Crippen molar-refractivity contribution in [3.63, 3.8) is 0 Å². The second-order valence-electron chi connectivity index (χ2n) is 3.59. The Labute approximate surface area is 82.8 Å². The van der Waals surface area contributed by atoms with E-state index in [1.54, 1.807) is 0 Å². The lowest BCUT2D eigenvalue weighted by atomic mass is 10.2. The van der Waals surface area contributed by atoms with Crippen molar-refractivity contribution in [2.24, 2.45) is 0 Å². The van der Waals surface area contributed by atoms with Crippen LogP contribution in [0.4, 0.5) is 13.2 Å². The molecule has 14 heavy (non-hydrogen) atoms. The van der Waals surface area contributed by atoms with Crippen LogP contribution in [0.3, 0.4) is 0 Å². The standard InChI is InChI=1S/C9H18F3NO/c1-7(2)14-5-4-13-8(3)6-9(10,11)12/h7-8,13H,4-6H2,1-3H3. The number of halogens is 3. The van der Waals surface area contributed by atoms with Crippen LogP contribution >= 0.6 is 0 Å². The summed E-state index contributed by atoms with van der Waals surface area (Å²) in [4.78, 5) is 0. The molecule has 0 fully saturated rings. The molecule has 0 spiro atoms. The number of hydrogen-bond acceptors (Lipinski definition) is 2. The predicted molar refractivity (Wildman–Crippen MR) is 49.2 cm³/mol. The van der Waals surface area contributed by atoms with E-state index in [0.717, 1.165) is 0 Å². The van der Waals surface area contributed by atoms with Gasteiger partial charge in [0, 0.05) is 12.6 Å². The number of rotatable bonds is 6. The van der Waals surface area contributed by atoms with Gasteiger partial charge < -0.3 is 10.1 Å². The molecule has 0 radical (unpaired) electrons. The summed E-state index contributed by atoms with van der Waals surface area (Å²) < 4.78 is 40.8. The molecule has 0 rings (SSSR count). The van der Waals surface area contributed by atoms with Crippen LogP contribution in [0.25, 0.3) is 0 Å². The average Bonchev–Trinajstić information content (AvgIpc) is 1.94. The minimum atomic E-state index is -4.09. The summed E-state index contributed by atoms with van der Waals surface area (Å²) >= 11 is 0. The zero-order valence-corrected chi connectivity index (χ0v) is 8.82. The van der Waals surface area contributed by atoms with Gasteiger partial charge >= 0.3 is 6.18 Å². The highest BCUT2D eigenvalue weighted by Gasteiger charge is 2.29. The molecule has 5 heteroatoms. The lowest BCUT2D eigenvalue weighted by Gasteiger charge is -2.16. The molecule has 2 nitrogen and oxygen atoms in total. The van der Waals surface area contributed by atoms with E-state index in [0.29, 0.717) is 13.2 Å².